The molecule has 2 nitrogen and oxygen atoms in total. The van der Waals surface area contributed by atoms with Crippen molar-refractivity contribution in [2.45, 2.75) is 33.2 Å². The summed E-state index contributed by atoms with van der Waals surface area (Å²) in [6, 6.07) is 5.19. The number of piperidine rings is 1. The highest BCUT2D eigenvalue weighted by molar-refractivity contribution is 5.37. The molecule has 0 amide bonds. The lowest BCUT2D eigenvalue weighted by Crippen LogP contribution is -2.38. The fraction of sp³-hybridized carbons (Fsp3) is 0.556. The number of likely N-dealkylation sites (tertiary alicyclic amines) is 1. The van der Waals surface area contributed by atoms with Crippen molar-refractivity contribution < 1.29 is 9.50 Å². The van der Waals surface area contributed by atoms with Crippen molar-refractivity contribution in [2.75, 3.05) is 19.7 Å². The van der Waals surface area contributed by atoms with Crippen LogP contribution in [0.1, 0.15) is 37.8 Å². The molecule has 2 rings (SSSR count). The second-order valence-corrected chi connectivity index (χ2v) is 6.22. The average Bonchev–Trinajstić information content (AvgIpc) is 2.41. The largest absolute Gasteiger partial charge is 0.395 e. The van der Waals surface area contributed by atoms with Gasteiger partial charge in [0.05, 0.1) is 6.61 Å². The molecule has 0 aromatic heterocycles. The molecule has 0 spiro atoms. The molecule has 0 saturated carbocycles. The van der Waals surface area contributed by atoms with E-state index in [1.807, 2.05) is 12.1 Å². The predicted octanol–water partition coefficient (Wildman–Crippen LogP) is 3.04. The van der Waals surface area contributed by atoms with Crippen LogP contribution in [0.25, 0.3) is 0 Å². The van der Waals surface area contributed by atoms with E-state index in [0.717, 1.165) is 18.7 Å². The minimum Gasteiger partial charge on any atom is -0.395 e. The number of hydrogen-bond acceptors (Lipinski definition) is 2. The van der Waals surface area contributed by atoms with Crippen molar-refractivity contribution in [3.8, 4) is 11.8 Å². The number of aliphatic hydroxyl groups excluding tert-OH is 1. The van der Waals surface area contributed by atoms with Crippen molar-refractivity contribution in [1.29, 1.82) is 0 Å². The van der Waals surface area contributed by atoms with Crippen LogP contribution in [0.15, 0.2) is 18.2 Å². The maximum atomic E-state index is 14.2. The van der Waals surface area contributed by atoms with Gasteiger partial charge in [0.1, 0.15) is 5.82 Å². The van der Waals surface area contributed by atoms with E-state index >= 15 is 0 Å². The summed E-state index contributed by atoms with van der Waals surface area (Å²) in [5.41, 5.74) is 1.41. The zero-order valence-electron chi connectivity index (χ0n) is 12.9. The fourth-order valence-corrected chi connectivity index (χ4v) is 3.14. The van der Waals surface area contributed by atoms with Crippen LogP contribution in [0.2, 0.25) is 0 Å². The first kappa shape index (κ1) is 16.0. The molecule has 21 heavy (non-hydrogen) atoms. The number of nitrogens with zero attached hydrogens (tertiary/aromatic N) is 1. The summed E-state index contributed by atoms with van der Waals surface area (Å²) < 4.78 is 14.2. The Bertz CT molecular complexity index is 522. The third-order valence-corrected chi connectivity index (χ3v) is 3.86. The van der Waals surface area contributed by atoms with Crippen molar-refractivity contribution in [3.05, 3.63) is 35.1 Å². The molecular formula is C18H24FNO. The van der Waals surface area contributed by atoms with Gasteiger partial charge < -0.3 is 5.11 Å². The van der Waals surface area contributed by atoms with Gasteiger partial charge in [0.2, 0.25) is 0 Å². The lowest BCUT2D eigenvalue weighted by atomic mass is 9.91. The standard InChI is InChI=1S/C18H24FNO/c1-14-9-15(2)12-20(11-14)13-17-7-6-16(10-18(17)19)5-3-4-8-21/h6-7,10,14-15,21H,4,8-9,11-13H2,1-2H3. The number of rotatable bonds is 3. The van der Waals surface area contributed by atoms with Crippen LogP contribution in [0.3, 0.4) is 0 Å². The van der Waals surface area contributed by atoms with E-state index in [4.69, 9.17) is 5.11 Å². The van der Waals surface area contributed by atoms with E-state index in [9.17, 15) is 4.39 Å². The van der Waals surface area contributed by atoms with E-state index < -0.39 is 0 Å². The molecule has 0 radical (unpaired) electrons. The molecule has 0 bridgehead atoms. The highest BCUT2D eigenvalue weighted by Crippen LogP contribution is 2.23. The normalized spacial score (nSPS) is 22.7. The SMILES string of the molecule is CC1CC(C)CN(Cc2ccc(C#CCCO)cc2F)C1. The summed E-state index contributed by atoms with van der Waals surface area (Å²) in [4.78, 5) is 2.34. The summed E-state index contributed by atoms with van der Waals surface area (Å²) >= 11 is 0. The molecule has 1 aromatic rings. The van der Waals surface area contributed by atoms with Gasteiger partial charge >= 0.3 is 0 Å². The Morgan fingerprint density at radius 1 is 1.29 bits per heavy atom. The number of aliphatic hydroxyl groups is 1. The zero-order chi connectivity index (χ0) is 15.2. The first-order valence-corrected chi connectivity index (χ1v) is 7.69. The van der Waals surface area contributed by atoms with E-state index in [1.54, 1.807) is 0 Å². The summed E-state index contributed by atoms with van der Waals surface area (Å²) in [5.74, 6) is 6.86. The van der Waals surface area contributed by atoms with E-state index in [-0.39, 0.29) is 12.4 Å². The van der Waals surface area contributed by atoms with Crippen LogP contribution < -0.4 is 0 Å². The molecule has 1 N–H and O–H groups in total. The first-order valence-electron chi connectivity index (χ1n) is 7.69. The van der Waals surface area contributed by atoms with Gasteiger partial charge in [-0.2, -0.15) is 0 Å². The van der Waals surface area contributed by atoms with Gasteiger partial charge in [-0.15, -0.1) is 0 Å². The minimum atomic E-state index is -0.184. The second-order valence-electron chi connectivity index (χ2n) is 6.22. The van der Waals surface area contributed by atoms with Crippen molar-refractivity contribution in [2.24, 2.45) is 11.8 Å². The van der Waals surface area contributed by atoms with Crippen LogP contribution >= 0.6 is 0 Å². The molecular weight excluding hydrogens is 265 g/mol. The number of halogens is 1. The van der Waals surface area contributed by atoms with Crippen LogP contribution in [0, 0.1) is 29.5 Å². The Morgan fingerprint density at radius 2 is 2.00 bits per heavy atom. The molecule has 1 saturated heterocycles. The topological polar surface area (TPSA) is 23.5 Å². The van der Waals surface area contributed by atoms with Gasteiger partial charge in [0.15, 0.2) is 0 Å². The van der Waals surface area contributed by atoms with Crippen LogP contribution in [-0.4, -0.2) is 29.7 Å². The Hall–Kier alpha value is -1.37. The number of hydrogen-bond donors (Lipinski definition) is 1. The molecule has 1 heterocycles. The molecule has 1 fully saturated rings. The Labute approximate surface area is 127 Å². The number of benzene rings is 1. The van der Waals surface area contributed by atoms with Crippen molar-refractivity contribution >= 4 is 0 Å². The van der Waals surface area contributed by atoms with Crippen LogP contribution in [0.5, 0.6) is 0 Å². The molecule has 0 aliphatic carbocycles. The van der Waals surface area contributed by atoms with Crippen molar-refractivity contribution in [1.82, 2.24) is 4.90 Å². The van der Waals surface area contributed by atoms with Gasteiger partial charge in [-0.1, -0.05) is 31.8 Å². The third kappa shape index (κ3) is 4.84. The summed E-state index contributed by atoms with van der Waals surface area (Å²) in [6.07, 6.45) is 1.69. The lowest BCUT2D eigenvalue weighted by Gasteiger charge is -2.35. The Balaban J connectivity index is 2.02. The predicted molar refractivity (Wildman–Crippen MR) is 83.2 cm³/mol. The maximum Gasteiger partial charge on any atom is 0.128 e. The van der Waals surface area contributed by atoms with Crippen LogP contribution in [0.4, 0.5) is 4.39 Å². The van der Waals surface area contributed by atoms with Crippen LogP contribution in [-0.2, 0) is 6.54 Å². The summed E-state index contributed by atoms with van der Waals surface area (Å²) in [7, 11) is 0. The monoisotopic (exact) mass is 289 g/mol. The minimum absolute atomic E-state index is 0.0406. The second kappa shape index (κ2) is 7.59. The van der Waals surface area contributed by atoms with Gasteiger partial charge in [-0.25, -0.2) is 4.39 Å². The molecule has 114 valence electrons. The lowest BCUT2D eigenvalue weighted by molar-refractivity contribution is 0.133. The molecule has 1 aliphatic heterocycles. The first-order chi connectivity index (χ1) is 10.1. The van der Waals surface area contributed by atoms with Gasteiger partial charge in [-0.3, -0.25) is 4.90 Å². The van der Waals surface area contributed by atoms with E-state index in [2.05, 4.69) is 30.6 Å². The van der Waals surface area contributed by atoms with Gasteiger partial charge in [0.25, 0.3) is 0 Å². The van der Waals surface area contributed by atoms with Crippen molar-refractivity contribution in [3.63, 3.8) is 0 Å². The molecule has 1 aromatic carbocycles. The average molecular weight is 289 g/mol. The van der Waals surface area contributed by atoms with E-state index in [0.29, 0.717) is 30.4 Å². The molecule has 2 unspecified atom stereocenters. The summed E-state index contributed by atoms with van der Waals surface area (Å²) in [6.45, 7) is 7.32. The maximum absolute atomic E-state index is 14.2. The molecule has 3 heteroatoms. The van der Waals surface area contributed by atoms with E-state index in [1.165, 1.54) is 12.5 Å². The summed E-state index contributed by atoms with van der Waals surface area (Å²) in [5, 5.41) is 8.69. The Kier molecular flexibility index (Phi) is 5.78. The third-order valence-electron chi connectivity index (χ3n) is 3.86. The fourth-order valence-electron chi connectivity index (χ4n) is 3.14. The van der Waals surface area contributed by atoms with Gasteiger partial charge in [-0.05, 0) is 30.4 Å². The highest BCUT2D eigenvalue weighted by atomic mass is 19.1. The highest BCUT2D eigenvalue weighted by Gasteiger charge is 2.22. The van der Waals surface area contributed by atoms with Gasteiger partial charge in [0, 0.05) is 37.2 Å². The zero-order valence-corrected chi connectivity index (χ0v) is 12.9. The smallest absolute Gasteiger partial charge is 0.128 e. The Morgan fingerprint density at radius 3 is 2.62 bits per heavy atom. The quantitative estimate of drug-likeness (QED) is 0.865. The molecule has 2 atom stereocenters. The molecule has 1 aliphatic rings.